The standard InChI is InChI=1S/C40H18O4/c1-4-5-6-7-8-9-10-11-12-13-14-15-16-17-18-19-20-21-22-23-26-42-37-28-33(2)27-35(29-37)32-43-36-24-25-38-34(3)40(31-41)44-39(38)30-36/h1,24-25,27-30,41H,31-32H2,2-3H3. The molecule has 0 aliphatic heterocycles. The Morgan fingerprint density at radius 2 is 1.20 bits per heavy atom. The average molecular weight is 563 g/mol. The van der Waals surface area contributed by atoms with Crippen molar-refractivity contribution in [2.24, 2.45) is 0 Å². The van der Waals surface area contributed by atoms with Gasteiger partial charge in [-0.15, -0.1) is 6.42 Å². The van der Waals surface area contributed by atoms with E-state index in [1.54, 1.807) is 0 Å². The van der Waals surface area contributed by atoms with Gasteiger partial charge in [0.15, 0.2) is 0 Å². The van der Waals surface area contributed by atoms with Crippen LogP contribution in [0.4, 0.5) is 0 Å². The van der Waals surface area contributed by atoms with E-state index in [-0.39, 0.29) is 6.61 Å². The molecule has 44 heavy (non-hydrogen) atoms. The molecule has 2 aromatic carbocycles. The number of furan rings is 1. The van der Waals surface area contributed by atoms with Crippen molar-refractivity contribution in [3.63, 3.8) is 0 Å². The van der Waals surface area contributed by atoms with Crippen LogP contribution in [0.3, 0.4) is 0 Å². The minimum absolute atomic E-state index is 0.147. The second-order valence-electron chi connectivity index (χ2n) is 8.13. The Morgan fingerprint density at radius 1 is 0.659 bits per heavy atom. The largest absolute Gasteiger partial charge is 0.489 e. The van der Waals surface area contributed by atoms with Crippen molar-refractivity contribution < 1.29 is 19.0 Å². The Kier molecular flexibility index (Phi) is 12.9. The molecule has 0 saturated carbocycles. The van der Waals surface area contributed by atoms with Crippen LogP contribution in [0.25, 0.3) is 11.0 Å². The molecule has 202 valence electrons. The van der Waals surface area contributed by atoms with E-state index in [2.05, 4.69) is 125 Å². The first kappa shape index (κ1) is 31.2. The third kappa shape index (κ3) is 11.1. The molecular weight excluding hydrogens is 544 g/mol. The van der Waals surface area contributed by atoms with E-state index >= 15 is 0 Å². The highest BCUT2D eigenvalue weighted by atomic mass is 16.5. The number of rotatable bonds is 5. The van der Waals surface area contributed by atoms with Gasteiger partial charge in [-0.25, -0.2) is 0 Å². The molecule has 1 aromatic heterocycles. The number of fused-ring (bicyclic) bond motifs is 1. The van der Waals surface area contributed by atoms with Crippen molar-refractivity contribution in [1.82, 2.24) is 0 Å². The topological polar surface area (TPSA) is 51.8 Å². The van der Waals surface area contributed by atoms with Crippen molar-refractivity contribution in [1.29, 1.82) is 0 Å². The maximum Gasteiger partial charge on any atom is 0.140 e. The summed E-state index contributed by atoms with van der Waals surface area (Å²) >= 11 is 0. The predicted octanol–water partition coefficient (Wildman–Crippen LogP) is 4.12. The van der Waals surface area contributed by atoms with E-state index in [1.165, 1.54) is 0 Å². The fraction of sp³-hybridized carbons (Fsp3) is 0.100. The van der Waals surface area contributed by atoms with Crippen LogP contribution in [0, 0.1) is 145 Å². The summed E-state index contributed by atoms with van der Waals surface area (Å²) in [4.78, 5) is 0. The van der Waals surface area contributed by atoms with Crippen molar-refractivity contribution in [3.8, 4) is 142 Å². The number of hydrogen-bond acceptors (Lipinski definition) is 4. The molecule has 0 saturated heterocycles. The van der Waals surface area contributed by atoms with Crippen LogP contribution in [0.5, 0.6) is 11.5 Å². The zero-order valence-electron chi connectivity index (χ0n) is 23.6. The normalized spacial score (nSPS) is 7.59. The monoisotopic (exact) mass is 562 g/mol. The molecule has 0 atom stereocenters. The van der Waals surface area contributed by atoms with Crippen LogP contribution in [0.2, 0.25) is 0 Å². The molecule has 0 unspecified atom stereocenters. The second-order valence-corrected chi connectivity index (χ2v) is 8.13. The molecule has 3 aromatic rings. The molecule has 1 heterocycles. The van der Waals surface area contributed by atoms with Gasteiger partial charge in [0.25, 0.3) is 0 Å². The molecule has 0 fully saturated rings. The van der Waals surface area contributed by atoms with Gasteiger partial charge in [-0.2, -0.15) is 0 Å². The van der Waals surface area contributed by atoms with E-state index in [0.717, 1.165) is 22.1 Å². The van der Waals surface area contributed by atoms with Crippen molar-refractivity contribution in [2.45, 2.75) is 27.1 Å². The minimum Gasteiger partial charge on any atom is -0.489 e. The van der Waals surface area contributed by atoms with Gasteiger partial charge in [-0.3, -0.25) is 0 Å². The highest BCUT2D eigenvalue weighted by Crippen LogP contribution is 2.29. The van der Waals surface area contributed by atoms with Crippen LogP contribution in [0.1, 0.15) is 22.5 Å². The third-order valence-electron chi connectivity index (χ3n) is 5.09. The Hall–Kier alpha value is -7.30. The van der Waals surface area contributed by atoms with Crippen molar-refractivity contribution >= 4 is 11.0 Å². The summed E-state index contributed by atoms with van der Waals surface area (Å²) < 4.78 is 17.1. The van der Waals surface area contributed by atoms with Gasteiger partial charge in [0, 0.05) is 88.1 Å². The van der Waals surface area contributed by atoms with Crippen LogP contribution in [-0.4, -0.2) is 5.11 Å². The van der Waals surface area contributed by atoms with E-state index in [4.69, 9.17) is 20.3 Å². The molecule has 4 heteroatoms. The molecule has 0 spiro atoms. The summed E-state index contributed by atoms with van der Waals surface area (Å²) in [6.07, 6.45) is 7.49. The molecule has 0 amide bonds. The summed E-state index contributed by atoms with van der Waals surface area (Å²) in [5.41, 5.74) is 3.49. The second kappa shape index (κ2) is 18.1. The van der Waals surface area contributed by atoms with Crippen LogP contribution < -0.4 is 9.47 Å². The Bertz CT molecular complexity index is 2280. The number of aliphatic hydroxyl groups is 1. The lowest BCUT2D eigenvalue weighted by molar-refractivity contribution is 0.249. The van der Waals surface area contributed by atoms with Crippen LogP contribution in [0.15, 0.2) is 40.8 Å². The molecular formula is C40H18O4. The number of terminal acetylenes is 1. The summed E-state index contributed by atoms with van der Waals surface area (Å²) in [5, 5.41) is 10.4. The summed E-state index contributed by atoms with van der Waals surface area (Å²) in [5.74, 6) is 51.5. The number of benzene rings is 2. The first-order valence-corrected chi connectivity index (χ1v) is 12.6. The molecule has 0 radical (unpaired) electrons. The predicted molar refractivity (Wildman–Crippen MR) is 170 cm³/mol. The molecule has 0 aliphatic carbocycles. The van der Waals surface area contributed by atoms with Gasteiger partial charge in [0.1, 0.15) is 42.2 Å². The lowest BCUT2D eigenvalue weighted by Gasteiger charge is -2.08. The van der Waals surface area contributed by atoms with E-state index < -0.39 is 0 Å². The average Bonchev–Trinajstić information content (AvgIpc) is 3.35. The Morgan fingerprint density at radius 3 is 1.75 bits per heavy atom. The quantitative estimate of drug-likeness (QED) is 0.476. The van der Waals surface area contributed by atoms with Crippen LogP contribution in [-0.2, 0) is 13.2 Å². The van der Waals surface area contributed by atoms with Gasteiger partial charge in [0.05, 0.1) is 0 Å². The van der Waals surface area contributed by atoms with Crippen LogP contribution >= 0.6 is 0 Å². The van der Waals surface area contributed by atoms with Gasteiger partial charge < -0.3 is 19.0 Å². The first-order valence-electron chi connectivity index (χ1n) is 12.6. The van der Waals surface area contributed by atoms with E-state index in [0.29, 0.717) is 29.4 Å². The minimum atomic E-state index is -0.147. The third-order valence-corrected chi connectivity index (χ3v) is 5.09. The van der Waals surface area contributed by atoms with E-state index in [1.807, 2.05) is 50.2 Å². The van der Waals surface area contributed by atoms with Crippen molar-refractivity contribution in [2.75, 3.05) is 0 Å². The number of aryl methyl sites for hydroxylation is 2. The lowest BCUT2D eigenvalue weighted by Crippen LogP contribution is -1.97. The number of hydrogen-bond donors (Lipinski definition) is 1. The summed E-state index contributed by atoms with van der Waals surface area (Å²) in [7, 11) is 0. The van der Waals surface area contributed by atoms with Crippen molar-refractivity contribution in [3.05, 3.63) is 58.8 Å². The highest BCUT2D eigenvalue weighted by molar-refractivity contribution is 5.83. The fourth-order valence-electron chi connectivity index (χ4n) is 3.31. The Labute approximate surface area is 257 Å². The van der Waals surface area contributed by atoms with Gasteiger partial charge in [0.2, 0.25) is 0 Å². The molecule has 0 bridgehead atoms. The maximum atomic E-state index is 9.42. The fourth-order valence-corrected chi connectivity index (χ4v) is 3.31. The summed E-state index contributed by atoms with van der Waals surface area (Å²) in [6.45, 7) is 4.04. The lowest BCUT2D eigenvalue weighted by atomic mass is 10.1. The maximum absolute atomic E-state index is 9.42. The number of ether oxygens (including phenoxy) is 2. The SMILES string of the molecule is C#CC#CC#CC#CC#CC#CC#CC#CC#CC#CC#COc1cc(C)cc(COc2ccc3c(C)c(CO)oc3c2)c1. The zero-order chi connectivity index (χ0) is 31.2. The van der Waals surface area contributed by atoms with E-state index in [9.17, 15) is 5.11 Å². The first-order chi connectivity index (χ1) is 21.6. The van der Waals surface area contributed by atoms with Gasteiger partial charge >= 0.3 is 0 Å². The van der Waals surface area contributed by atoms with Gasteiger partial charge in [-0.1, -0.05) is 6.07 Å². The highest BCUT2D eigenvalue weighted by Gasteiger charge is 2.10. The smallest absolute Gasteiger partial charge is 0.140 e. The summed E-state index contributed by atoms with van der Waals surface area (Å²) in [6, 6.07) is 11.3. The van der Waals surface area contributed by atoms with Gasteiger partial charge in [-0.05, 0) is 96.6 Å². The molecule has 0 aliphatic rings. The molecule has 4 nitrogen and oxygen atoms in total. The molecule has 3 rings (SSSR count). The number of aliphatic hydroxyl groups excluding tert-OH is 1. The Balaban J connectivity index is 1.47. The molecule has 1 N–H and O–H groups in total. The zero-order valence-corrected chi connectivity index (χ0v) is 23.6.